The lowest BCUT2D eigenvalue weighted by molar-refractivity contribution is 0.0992. The second kappa shape index (κ2) is 6.28. The summed E-state index contributed by atoms with van der Waals surface area (Å²) < 4.78 is 5.97. The van der Waals surface area contributed by atoms with E-state index in [1.54, 1.807) is 0 Å². The molecule has 1 aliphatic carbocycles. The zero-order valence-corrected chi connectivity index (χ0v) is 11.1. The fourth-order valence-corrected chi connectivity index (χ4v) is 1.87. The number of ether oxygens (including phenoxy) is 1. The van der Waals surface area contributed by atoms with Crippen LogP contribution in [0, 0.1) is 0 Å². The molecule has 0 atom stereocenters. The monoisotopic (exact) mass is 301 g/mol. The normalized spacial score (nSPS) is 14.9. The molecule has 1 saturated carbocycles. The molecule has 0 saturated heterocycles. The summed E-state index contributed by atoms with van der Waals surface area (Å²) in [4.78, 5) is 8.81. The minimum absolute atomic E-state index is 0.0604. The summed E-state index contributed by atoms with van der Waals surface area (Å²) in [6.45, 7) is 1.67. The van der Waals surface area contributed by atoms with Crippen LogP contribution in [0.1, 0.15) is 24.6 Å². The number of aromatic nitrogens is 2. The Morgan fingerprint density at radius 2 is 2.24 bits per heavy atom. The number of nitrogens with one attached hydrogen (secondary N) is 1. The molecule has 1 aliphatic rings. The molecule has 2 N–H and O–H groups in total. The van der Waals surface area contributed by atoms with E-state index in [2.05, 4.69) is 31.2 Å². The highest BCUT2D eigenvalue weighted by molar-refractivity contribution is 9.10. The topological polar surface area (TPSA) is 67.3 Å². The molecule has 94 valence electrons. The lowest BCUT2D eigenvalue weighted by atomic mass is 10.4. The first-order valence-electron chi connectivity index (χ1n) is 5.76. The Morgan fingerprint density at radius 3 is 2.94 bits per heavy atom. The van der Waals surface area contributed by atoms with Crippen LogP contribution in [-0.4, -0.2) is 41.4 Å². The predicted molar refractivity (Wildman–Crippen MR) is 68.1 cm³/mol. The summed E-state index contributed by atoms with van der Waals surface area (Å²) in [5.74, 6) is 2.28. The van der Waals surface area contributed by atoms with E-state index in [9.17, 15) is 0 Å². The summed E-state index contributed by atoms with van der Waals surface area (Å²) in [5.41, 5.74) is 0. The minimum Gasteiger partial charge on any atom is -0.394 e. The molecule has 1 fully saturated rings. The number of halogens is 1. The van der Waals surface area contributed by atoms with Gasteiger partial charge in [-0.2, -0.15) is 0 Å². The van der Waals surface area contributed by atoms with Gasteiger partial charge in [-0.1, -0.05) is 0 Å². The first-order chi connectivity index (χ1) is 8.29. The molecule has 1 aromatic heterocycles. The molecule has 5 nitrogen and oxygen atoms in total. The van der Waals surface area contributed by atoms with Crippen LogP contribution in [0.5, 0.6) is 0 Å². The van der Waals surface area contributed by atoms with E-state index >= 15 is 0 Å². The van der Waals surface area contributed by atoms with Gasteiger partial charge >= 0.3 is 0 Å². The molecule has 2 rings (SSSR count). The maximum Gasteiger partial charge on any atom is 0.135 e. The van der Waals surface area contributed by atoms with E-state index in [1.165, 1.54) is 12.8 Å². The molecule has 0 amide bonds. The molecule has 6 heteroatoms. The third-order valence-corrected chi connectivity index (χ3v) is 2.85. The largest absolute Gasteiger partial charge is 0.394 e. The van der Waals surface area contributed by atoms with E-state index in [1.807, 2.05) is 6.07 Å². The second-order valence-corrected chi connectivity index (χ2v) is 4.78. The average molecular weight is 302 g/mol. The van der Waals surface area contributed by atoms with Crippen LogP contribution in [-0.2, 0) is 4.74 Å². The smallest absolute Gasteiger partial charge is 0.135 e. The Kier molecular flexibility index (Phi) is 4.70. The number of nitrogens with zero attached hydrogens (tertiary/aromatic N) is 2. The van der Waals surface area contributed by atoms with Gasteiger partial charge < -0.3 is 15.2 Å². The molecule has 1 heterocycles. The maximum atomic E-state index is 8.55. The van der Waals surface area contributed by atoms with Gasteiger partial charge in [0.25, 0.3) is 0 Å². The second-order valence-electron chi connectivity index (χ2n) is 3.97. The molecule has 0 unspecified atom stereocenters. The molecule has 0 aromatic carbocycles. The van der Waals surface area contributed by atoms with Gasteiger partial charge in [0.1, 0.15) is 16.2 Å². The quantitative estimate of drug-likeness (QED) is 0.591. The molecular weight excluding hydrogens is 286 g/mol. The molecular formula is C11H16BrN3O2. The molecule has 17 heavy (non-hydrogen) atoms. The SMILES string of the molecule is OCCOCCNc1cc(Br)nc(C2CC2)n1. The molecule has 0 spiro atoms. The first-order valence-corrected chi connectivity index (χ1v) is 6.56. The van der Waals surface area contributed by atoms with Crippen molar-refractivity contribution in [1.29, 1.82) is 0 Å². The van der Waals surface area contributed by atoms with Gasteiger partial charge in [-0.25, -0.2) is 9.97 Å². The Morgan fingerprint density at radius 1 is 1.41 bits per heavy atom. The highest BCUT2D eigenvalue weighted by atomic mass is 79.9. The van der Waals surface area contributed by atoms with Crippen molar-refractivity contribution in [3.63, 3.8) is 0 Å². The molecule has 0 radical (unpaired) electrons. The number of hydrogen-bond donors (Lipinski definition) is 2. The Bertz CT molecular complexity index is 372. The number of hydrogen-bond acceptors (Lipinski definition) is 5. The zero-order chi connectivity index (χ0) is 12.1. The van der Waals surface area contributed by atoms with Crippen LogP contribution in [0.25, 0.3) is 0 Å². The molecule has 0 aliphatic heterocycles. The van der Waals surface area contributed by atoms with Crippen molar-refractivity contribution in [2.45, 2.75) is 18.8 Å². The fourth-order valence-electron chi connectivity index (χ4n) is 1.47. The van der Waals surface area contributed by atoms with Gasteiger partial charge in [-0.05, 0) is 28.8 Å². The predicted octanol–water partition coefficient (Wildman–Crippen LogP) is 1.54. The minimum atomic E-state index is 0.0604. The van der Waals surface area contributed by atoms with Crippen molar-refractivity contribution in [3.8, 4) is 0 Å². The summed E-state index contributed by atoms with van der Waals surface area (Å²) >= 11 is 3.39. The summed E-state index contributed by atoms with van der Waals surface area (Å²) in [6, 6.07) is 1.86. The fraction of sp³-hybridized carbons (Fsp3) is 0.636. The van der Waals surface area contributed by atoms with Crippen LogP contribution >= 0.6 is 15.9 Å². The van der Waals surface area contributed by atoms with E-state index in [0.29, 0.717) is 25.7 Å². The van der Waals surface area contributed by atoms with Gasteiger partial charge in [0.05, 0.1) is 19.8 Å². The van der Waals surface area contributed by atoms with Crippen molar-refractivity contribution < 1.29 is 9.84 Å². The number of anilines is 1. The lowest BCUT2D eigenvalue weighted by Crippen LogP contribution is -2.12. The number of aliphatic hydroxyl groups excluding tert-OH is 1. The van der Waals surface area contributed by atoms with Crippen molar-refractivity contribution in [3.05, 3.63) is 16.5 Å². The standard InChI is InChI=1S/C11H16BrN3O2/c12-9-7-10(13-3-5-17-6-4-16)15-11(14-9)8-1-2-8/h7-8,16H,1-6H2,(H,13,14,15). The van der Waals surface area contributed by atoms with Gasteiger partial charge in [0.15, 0.2) is 0 Å². The Labute approximate surface area is 109 Å². The van der Waals surface area contributed by atoms with Gasteiger partial charge in [-0.3, -0.25) is 0 Å². The average Bonchev–Trinajstić information content (AvgIpc) is 3.12. The third kappa shape index (κ3) is 4.22. The van der Waals surface area contributed by atoms with Crippen molar-refractivity contribution >= 4 is 21.7 Å². The first kappa shape index (κ1) is 12.7. The van der Waals surface area contributed by atoms with Crippen molar-refractivity contribution in [2.24, 2.45) is 0 Å². The number of rotatable bonds is 7. The highest BCUT2D eigenvalue weighted by Crippen LogP contribution is 2.38. The van der Waals surface area contributed by atoms with Crippen molar-refractivity contribution in [1.82, 2.24) is 9.97 Å². The molecule has 1 aromatic rings. The van der Waals surface area contributed by atoms with E-state index in [0.717, 1.165) is 16.2 Å². The van der Waals surface area contributed by atoms with E-state index in [4.69, 9.17) is 9.84 Å². The van der Waals surface area contributed by atoms with Gasteiger partial charge in [0, 0.05) is 18.5 Å². The van der Waals surface area contributed by atoms with Crippen LogP contribution in [0.4, 0.5) is 5.82 Å². The molecule has 0 bridgehead atoms. The van der Waals surface area contributed by atoms with Crippen LogP contribution in [0.3, 0.4) is 0 Å². The maximum absolute atomic E-state index is 8.55. The van der Waals surface area contributed by atoms with Crippen LogP contribution in [0.15, 0.2) is 10.7 Å². The summed E-state index contributed by atoms with van der Waals surface area (Å²) in [7, 11) is 0. The lowest BCUT2D eigenvalue weighted by Gasteiger charge is -2.07. The Balaban J connectivity index is 1.82. The van der Waals surface area contributed by atoms with Crippen LogP contribution in [0.2, 0.25) is 0 Å². The highest BCUT2D eigenvalue weighted by Gasteiger charge is 2.27. The summed E-state index contributed by atoms with van der Waals surface area (Å²) in [5, 5.41) is 11.7. The third-order valence-electron chi connectivity index (χ3n) is 2.44. The van der Waals surface area contributed by atoms with Crippen molar-refractivity contribution in [2.75, 3.05) is 31.7 Å². The van der Waals surface area contributed by atoms with Gasteiger partial charge in [0.2, 0.25) is 0 Å². The zero-order valence-electron chi connectivity index (χ0n) is 9.53. The van der Waals surface area contributed by atoms with E-state index < -0.39 is 0 Å². The van der Waals surface area contributed by atoms with Crippen LogP contribution < -0.4 is 5.32 Å². The Hall–Kier alpha value is -0.720. The summed E-state index contributed by atoms with van der Waals surface area (Å²) in [6.07, 6.45) is 2.38. The number of aliphatic hydroxyl groups is 1. The van der Waals surface area contributed by atoms with E-state index in [-0.39, 0.29) is 6.61 Å². The van der Waals surface area contributed by atoms with Gasteiger partial charge in [-0.15, -0.1) is 0 Å².